The van der Waals surface area contributed by atoms with E-state index in [2.05, 4.69) is 26.2 Å². The predicted octanol–water partition coefficient (Wildman–Crippen LogP) is 5.25. The second-order valence-electron chi connectivity index (χ2n) is 7.64. The third kappa shape index (κ3) is 4.23. The highest BCUT2D eigenvalue weighted by molar-refractivity contribution is 4.87. The summed E-state index contributed by atoms with van der Waals surface area (Å²) in [6.45, 7) is 6.01. The molecule has 1 heteroatoms. The van der Waals surface area contributed by atoms with Crippen LogP contribution in [-0.4, -0.2) is 13.6 Å². The highest BCUT2D eigenvalue weighted by Crippen LogP contribution is 2.45. The van der Waals surface area contributed by atoms with Crippen LogP contribution in [0.1, 0.15) is 78.1 Å². The fourth-order valence-corrected chi connectivity index (χ4v) is 5.15. The van der Waals surface area contributed by atoms with Crippen LogP contribution in [0, 0.1) is 29.6 Å². The number of hydrogen-bond acceptors (Lipinski definition) is 1. The summed E-state index contributed by atoms with van der Waals surface area (Å²) >= 11 is 0. The van der Waals surface area contributed by atoms with Crippen molar-refractivity contribution in [1.82, 2.24) is 5.32 Å². The quantitative estimate of drug-likeness (QED) is 0.700. The van der Waals surface area contributed by atoms with Gasteiger partial charge in [0.15, 0.2) is 0 Å². The first-order valence-corrected chi connectivity index (χ1v) is 9.43. The van der Waals surface area contributed by atoms with Gasteiger partial charge in [-0.05, 0) is 68.9 Å². The zero-order valence-corrected chi connectivity index (χ0v) is 14.2. The molecular weight excluding hydrogens is 242 g/mol. The van der Waals surface area contributed by atoms with Crippen LogP contribution in [0.4, 0.5) is 0 Å². The zero-order chi connectivity index (χ0) is 14.4. The Morgan fingerprint density at radius 3 is 2.20 bits per heavy atom. The average molecular weight is 280 g/mol. The summed E-state index contributed by atoms with van der Waals surface area (Å²) in [4.78, 5) is 0. The third-order valence-electron chi connectivity index (χ3n) is 6.39. The van der Waals surface area contributed by atoms with Crippen LogP contribution in [-0.2, 0) is 0 Å². The van der Waals surface area contributed by atoms with E-state index in [1.807, 2.05) is 0 Å². The molecule has 1 N–H and O–H groups in total. The highest BCUT2D eigenvalue weighted by Gasteiger charge is 2.36. The lowest BCUT2D eigenvalue weighted by molar-refractivity contribution is 0.0815. The molecule has 118 valence electrons. The van der Waals surface area contributed by atoms with E-state index in [-0.39, 0.29) is 0 Å². The van der Waals surface area contributed by atoms with Gasteiger partial charge in [-0.2, -0.15) is 0 Å². The fourth-order valence-electron chi connectivity index (χ4n) is 5.15. The maximum absolute atomic E-state index is 3.47. The van der Waals surface area contributed by atoms with E-state index in [1.54, 1.807) is 6.42 Å². The Morgan fingerprint density at radius 1 is 0.900 bits per heavy atom. The Morgan fingerprint density at radius 2 is 1.60 bits per heavy atom. The average Bonchev–Trinajstić information content (AvgIpc) is 2.49. The molecule has 0 aromatic heterocycles. The first kappa shape index (κ1) is 16.3. The second kappa shape index (κ2) is 8.41. The maximum Gasteiger partial charge on any atom is -0.00208 e. The molecule has 0 aromatic carbocycles. The number of hydrogen-bond donors (Lipinski definition) is 1. The number of rotatable bonds is 6. The topological polar surface area (TPSA) is 12.0 Å². The summed E-state index contributed by atoms with van der Waals surface area (Å²) in [7, 11) is 2.14. The Labute approximate surface area is 127 Å². The molecule has 2 aliphatic carbocycles. The summed E-state index contributed by atoms with van der Waals surface area (Å²) in [6, 6.07) is 0. The van der Waals surface area contributed by atoms with Crippen molar-refractivity contribution in [2.75, 3.05) is 13.6 Å². The summed E-state index contributed by atoms with van der Waals surface area (Å²) in [5.41, 5.74) is 0. The molecule has 20 heavy (non-hydrogen) atoms. The van der Waals surface area contributed by atoms with Crippen LogP contribution in [0.5, 0.6) is 0 Å². The molecule has 2 rings (SSSR count). The van der Waals surface area contributed by atoms with Crippen molar-refractivity contribution in [2.24, 2.45) is 29.6 Å². The van der Waals surface area contributed by atoms with Gasteiger partial charge in [-0.3, -0.25) is 0 Å². The molecule has 2 fully saturated rings. The molecule has 0 heterocycles. The molecular formula is C19H37N. The molecule has 0 spiro atoms. The van der Waals surface area contributed by atoms with Gasteiger partial charge in [-0.15, -0.1) is 0 Å². The van der Waals surface area contributed by atoms with Crippen LogP contribution in [0.25, 0.3) is 0 Å². The molecule has 0 aromatic rings. The Hall–Kier alpha value is -0.0400. The first-order chi connectivity index (χ1) is 9.78. The van der Waals surface area contributed by atoms with E-state index < -0.39 is 0 Å². The summed E-state index contributed by atoms with van der Waals surface area (Å²) in [5, 5.41) is 3.47. The van der Waals surface area contributed by atoms with Crippen molar-refractivity contribution in [1.29, 1.82) is 0 Å². The van der Waals surface area contributed by atoms with Crippen LogP contribution in [0.2, 0.25) is 0 Å². The van der Waals surface area contributed by atoms with Gasteiger partial charge >= 0.3 is 0 Å². The minimum atomic E-state index is 0.969. The molecule has 0 bridgehead atoms. The Balaban J connectivity index is 1.92. The molecule has 1 nitrogen and oxygen atoms in total. The normalized spacial score (nSPS) is 38.9. The molecule has 0 aliphatic heterocycles. The molecule has 3 atom stereocenters. The molecule has 0 radical (unpaired) electrons. The molecule has 2 saturated carbocycles. The van der Waals surface area contributed by atoms with Crippen LogP contribution in [0.3, 0.4) is 0 Å². The second-order valence-corrected chi connectivity index (χ2v) is 7.64. The smallest absolute Gasteiger partial charge is 0.00208 e. The van der Waals surface area contributed by atoms with Crippen molar-refractivity contribution in [3.05, 3.63) is 0 Å². The van der Waals surface area contributed by atoms with Crippen molar-refractivity contribution in [2.45, 2.75) is 78.1 Å². The van der Waals surface area contributed by atoms with Crippen molar-refractivity contribution in [3.8, 4) is 0 Å². The van der Waals surface area contributed by atoms with Gasteiger partial charge in [0.05, 0.1) is 0 Å². The fraction of sp³-hybridized carbons (Fsp3) is 1.00. The molecule has 2 aliphatic rings. The van der Waals surface area contributed by atoms with E-state index in [4.69, 9.17) is 0 Å². The van der Waals surface area contributed by atoms with Gasteiger partial charge in [-0.25, -0.2) is 0 Å². The SMILES string of the molecule is CCCC1CCC(CNC)C(C2CCC(CC)CC2)C1. The van der Waals surface area contributed by atoms with E-state index in [0.717, 1.165) is 29.6 Å². The van der Waals surface area contributed by atoms with Gasteiger partial charge in [-0.1, -0.05) is 52.4 Å². The van der Waals surface area contributed by atoms with E-state index in [9.17, 15) is 0 Å². The lowest BCUT2D eigenvalue weighted by Gasteiger charge is -2.43. The minimum absolute atomic E-state index is 0.969. The highest BCUT2D eigenvalue weighted by atomic mass is 14.8. The van der Waals surface area contributed by atoms with Crippen LogP contribution in [0.15, 0.2) is 0 Å². The summed E-state index contributed by atoms with van der Waals surface area (Å²) in [6.07, 6.45) is 14.9. The van der Waals surface area contributed by atoms with Gasteiger partial charge < -0.3 is 5.32 Å². The summed E-state index contributed by atoms with van der Waals surface area (Å²) in [5.74, 6) is 5.14. The Bertz CT molecular complexity index is 254. The maximum atomic E-state index is 3.47. The monoisotopic (exact) mass is 279 g/mol. The molecule has 0 amide bonds. The van der Waals surface area contributed by atoms with Crippen LogP contribution < -0.4 is 5.32 Å². The van der Waals surface area contributed by atoms with Gasteiger partial charge in [0.2, 0.25) is 0 Å². The summed E-state index contributed by atoms with van der Waals surface area (Å²) < 4.78 is 0. The van der Waals surface area contributed by atoms with E-state index in [1.165, 1.54) is 64.3 Å². The van der Waals surface area contributed by atoms with Gasteiger partial charge in [0.25, 0.3) is 0 Å². The van der Waals surface area contributed by atoms with Crippen molar-refractivity contribution in [3.63, 3.8) is 0 Å². The molecule has 3 unspecified atom stereocenters. The zero-order valence-electron chi connectivity index (χ0n) is 14.2. The molecule has 0 saturated heterocycles. The van der Waals surface area contributed by atoms with Crippen molar-refractivity contribution >= 4 is 0 Å². The standard InChI is InChI=1S/C19H37N/c1-4-6-16-9-12-18(14-20-3)19(13-16)17-10-7-15(5-2)8-11-17/h15-20H,4-14H2,1-3H3. The number of nitrogens with one attached hydrogen (secondary N) is 1. The third-order valence-corrected chi connectivity index (χ3v) is 6.39. The van der Waals surface area contributed by atoms with E-state index >= 15 is 0 Å². The predicted molar refractivity (Wildman–Crippen MR) is 88.9 cm³/mol. The van der Waals surface area contributed by atoms with Crippen molar-refractivity contribution < 1.29 is 0 Å². The lowest BCUT2D eigenvalue weighted by Crippen LogP contribution is -2.37. The van der Waals surface area contributed by atoms with Crippen LogP contribution >= 0.6 is 0 Å². The van der Waals surface area contributed by atoms with Gasteiger partial charge in [0.1, 0.15) is 0 Å². The first-order valence-electron chi connectivity index (χ1n) is 9.43. The van der Waals surface area contributed by atoms with Gasteiger partial charge in [0, 0.05) is 0 Å². The van der Waals surface area contributed by atoms with E-state index in [0.29, 0.717) is 0 Å². The minimum Gasteiger partial charge on any atom is -0.319 e. The largest absolute Gasteiger partial charge is 0.319 e. The Kier molecular flexibility index (Phi) is 6.87. The lowest BCUT2D eigenvalue weighted by atomic mass is 9.63.